The molecule has 16 heavy (non-hydrogen) atoms. The Hall–Kier alpha value is -1.51. The first kappa shape index (κ1) is 11.0. The molecule has 1 aromatic carbocycles. The highest BCUT2D eigenvalue weighted by molar-refractivity contribution is 5.72. The minimum Gasteiger partial charge on any atom is -0.494 e. The number of carbonyl (C=O) groups is 1. The van der Waals surface area contributed by atoms with Crippen LogP contribution in [-0.4, -0.2) is 12.6 Å². The smallest absolute Gasteiger partial charge is 0.306 e. The minimum absolute atomic E-state index is 0.114. The number of carbonyl (C=O) groups excluding carboxylic acids is 1. The summed E-state index contributed by atoms with van der Waals surface area (Å²) in [5.41, 5.74) is 0.573. The van der Waals surface area contributed by atoms with Crippen LogP contribution < -0.4 is 4.74 Å². The van der Waals surface area contributed by atoms with Gasteiger partial charge in [-0.1, -0.05) is 12.1 Å². The van der Waals surface area contributed by atoms with E-state index in [0.29, 0.717) is 13.0 Å². The van der Waals surface area contributed by atoms with Gasteiger partial charge < -0.3 is 9.47 Å². The van der Waals surface area contributed by atoms with Gasteiger partial charge in [-0.25, -0.2) is 0 Å². The molecule has 1 fully saturated rings. The van der Waals surface area contributed by atoms with Crippen molar-refractivity contribution in [3.63, 3.8) is 0 Å². The second-order valence-electron chi connectivity index (χ2n) is 4.16. The summed E-state index contributed by atoms with van der Waals surface area (Å²) in [5.74, 6) is 0.732. The molecule has 0 aromatic heterocycles. The van der Waals surface area contributed by atoms with E-state index < -0.39 is 5.60 Å². The van der Waals surface area contributed by atoms with Crippen molar-refractivity contribution < 1.29 is 14.3 Å². The molecule has 1 aromatic rings. The van der Waals surface area contributed by atoms with Crippen LogP contribution in [0.3, 0.4) is 0 Å². The molecule has 86 valence electrons. The second kappa shape index (κ2) is 4.16. The minimum atomic E-state index is -0.457. The highest BCUT2D eigenvalue weighted by atomic mass is 16.6. The van der Waals surface area contributed by atoms with Crippen molar-refractivity contribution in [2.75, 3.05) is 6.61 Å². The molecule has 0 radical (unpaired) electrons. The number of hydrogen-bond donors (Lipinski definition) is 0. The molecule has 3 heteroatoms. The Morgan fingerprint density at radius 3 is 2.56 bits per heavy atom. The number of rotatable bonds is 3. The van der Waals surface area contributed by atoms with Gasteiger partial charge in [0.25, 0.3) is 0 Å². The lowest BCUT2D eigenvalue weighted by Crippen LogP contribution is -2.20. The molecule has 3 nitrogen and oxygen atoms in total. The molecule has 1 atom stereocenters. The molecule has 0 aliphatic carbocycles. The summed E-state index contributed by atoms with van der Waals surface area (Å²) in [6, 6.07) is 7.75. The van der Waals surface area contributed by atoms with E-state index in [1.807, 2.05) is 38.1 Å². The van der Waals surface area contributed by atoms with Gasteiger partial charge in [-0.2, -0.15) is 0 Å². The summed E-state index contributed by atoms with van der Waals surface area (Å²) in [7, 11) is 0. The van der Waals surface area contributed by atoms with Crippen LogP contribution in [0.1, 0.15) is 32.3 Å². The summed E-state index contributed by atoms with van der Waals surface area (Å²) in [6.45, 7) is 4.56. The van der Waals surface area contributed by atoms with Gasteiger partial charge in [0.1, 0.15) is 11.4 Å². The molecule has 0 saturated carbocycles. The molecule has 0 amide bonds. The summed E-state index contributed by atoms with van der Waals surface area (Å²) >= 11 is 0. The summed E-state index contributed by atoms with van der Waals surface area (Å²) in [5, 5.41) is 0. The third kappa shape index (κ3) is 2.03. The van der Waals surface area contributed by atoms with Crippen LogP contribution in [0, 0.1) is 0 Å². The zero-order chi connectivity index (χ0) is 11.6. The average Bonchev–Trinajstić information content (AvgIpc) is 2.61. The third-order valence-corrected chi connectivity index (χ3v) is 2.92. The fourth-order valence-corrected chi connectivity index (χ4v) is 1.97. The van der Waals surface area contributed by atoms with Crippen molar-refractivity contribution in [2.24, 2.45) is 0 Å². The third-order valence-electron chi connectivity index (χ3n) is 2.92. The second-order valence-corrected chi connectivity index (χ2v) is 4.16. The Labute approximate surface area is 95.4 Å². The molecule has 1 heterocycles. The van der Waals surface area contributed by atoms with E-state index in [9.17, 15) is 4.79 Å². The predicted octanol–water partition coefficient (Wildman–Crippen LogP) is 2.64. The van der Waals surface area contributed by atoms with E-state index in [-0.39, 0.29) is 5.97 Å². The largest absolute Gasteiger partial charge is 0.494 e. The van der Waals surface area contributed by atoms with Gasteiger partial charge in [-0.05, 0) is 31.5 Å². The van der Waals surface area contributed by atoms with Crippen LogP contribution in [0.5, 0.6) is 5.75 Å². The Morgan fingerprint density at radius 2 is 2.06 bits per heavy atom. The van der Waals surface area contributed by atoms with Gasteiger partial charge in [0.15, 0.2) is 0 Å². The van der Waals surface area contributed by atoms with Gasteiger partial charge in [-0.15, -0.1) is 0 Å². The van der Waals surface area contributed by atoms with Gasteiger partial charge >= 0.3 is 5.97 Å². The molecule has 1 saturated heterocycles. The van der Waals surface area contributed by atoms with Crippen molar-refractivity contribution in [3.8, 4) is 5.75 Å². The quantitative estimate of drug-likeness (QED) is 0.734. The van der Waals surface area contributed by atoms with E-state index in [1.54, 1.807) is 0 Å². The lowest BCUT2D eigenvalue weighted by Gasteiger charge is -2.23. The van der Waals surface area contributed by atoms with Crippen molar-refractivity contribution in [3.05, 3.63) is 29.8 Å². The van der Waals surface area contributed by atoms with E-state index >= 15 is 0 Å². The Kier molecular flexibility index (Phi) is 2.86. The Balaban J connectivity index is 2.18. The SMILES string of the molecule is CCOc1ccc(C2(C)CCC(=O)O2)cc1. The first-order chi connectivity index (χ1) is 7.64. The van der Waals surface area contributed by atoms with Gasteiger partial charge in [0.2, 0.25) is 0 Å². The van der Waals surface area contributed by atoms with Crippen LogP contribution >= 0.6 is 0 Å². The van der Waals surface area contributed by atoms with Crippen LogP contribution in [0.2, 0.25) is 0 Å². The van der Waals surface area contributed by atoms with Crippen molar-refractivity contribution in [2.45, 2.75) is 32.3 Å². The lowest BCUT2D eigenvalue weighted by molar-refractivity contribution is -0.147. The van der Waals surface area contributed by atoms with Gasteiger partial charge in [0.05, 0.1) is 6.61 Å². The normalized spacial score (nSPS) is 24.2. The Bertz CT molecular complexity index is 383. The van der Waals surface area contributed by atoms with E-state index in [0.717, 1.165) is 17.7 Å². The average molecular weight is 220 g/mol. The standard InChI is InChI=1S/C13H16O3/c1-3-15-11-6-4-10(5-7-11)13(2)9-8-12(14)16-13/h4-7H,3,8-9H2,1-2H3. The van der Waals surface area contributed by atoms with Crippen molar-refractivity contribution >= 4 is 5.97 Å². The number of hydrogen-bond acceptors (Lipinski definition) is 3. The fourth-order valence-electron chi connectivity index (χ4n) is 1.97. The molecule has 0 spiro atoms. The molecule has 0 bridgehead atoms. The Morgan fingerprint density at radius 1 is 1.38 bits per heavy atom. The van der Waals surface area contributed by atoms with E-state index in [1.165, 1.54) is 0 Å². The topological polar surface area (TPSA) is 35.5 Å². The highest BCUT2D eigenvalue weighted by Gasteiger charge is 2.37. The van der Waals surface area contributed by atoms with Gasteiger partial charge in [0, 0.05) is 12.8 Å². The molecule has 1 aliphatic heterocycles. The van der Waals surface area contributed by atoms with Crippen LogP contribution in [0.4, 0.5) is 0 Å². The fraction of sp³-hybridized carbons (Fsp3) is 0.462. The monoisotopic (exact) mass is 220 g/mol. The zero-order valence-corrected chi connectivity index (χ0v) is 9.66. The molecule has 1 aliphatic rings. The maximum atomic E-state index is 11.2. The first-order valence-corrected chi connectivity index (χ1v) is 5.59. The number of ether oxygens (including phenoxy) is 2. The summed E-state index contributed by atoms with van der Waals surface area (Å²) in [6.07, 6.45) is 1.25. The molecular weight excluding hydrogens is 204 g/mol. The zero-order valence-electron chi connectivity index (χ0n) is 9.66. The highest BCUT2D eigenvalue weighted by Crippen LogP contribution is 2.36. The molecule has 0 N–H and O–H groups in total. The van der Waals surface area contributed by atoms with Crippen LogP contribution in [0.15, 0.2) is 24.3 Å². The molecule has 2 rings (SSSR count). The van der Waals surface area contributed by atoms with Crippen molar-refractivity contribution in [1.29, 1.82) is 0 Å². The van der Waals surface area contributed by atoms with E-state index in [2.05, 4.69) is 0 Å². The van der Waals surface area contributed by atoms with E-state index in [4.69, 9.17) is 9.47 Å². The molecular formula is C13H16O3. The number of benzene rings is 1. The summed E-state index contributed by atoms with van der Waals surface area (Å²) < 4.78 is 10.7. The maximum absolute atomic E-state index is 11.2. The molecule has 1 unspecified atom stereocenters. The first-order valence-electron chi connectivity index (χ1n) is 5.59. The van der Waals surface area contributed by atoms with Gasteiger partial charge in [-0.3, -0.25) is 4.79 Å². The van der Waals surface area contributed by atoms with Crippen LogP contribution in [-0.2, 0) is 15.1 Å². The number of esters is 1. The number of cyclic esters (lactones) is 1. The summed E-state index contributed by atoms with van der Waals surface area (Å²) in [4.78, 5) is 11.2. The maximum Gasteiger partial charge on any atom is 0.306 e. The lowest BCUT2D eigenvalue weighted by atomic mass is 9.93. The predicted molar refractivity (Wildman–Crippen MR) is 60.3 cm³/mol. The van der Waals surface area contributed by atoms with Crippen LogP contribution in [0.25, 0.3) is 0 Å². The van der Waals surface area contributed by atoms with Crippen molar-refractivity contribution in [1.82, 2.24) is 0 Å².